The molecule has 2 aliphatic rings. The molecule has 0 spiro atoms. The number of fused-ring (bicyclic) bond motifs is 3. The molecule has 2 atom stereocenters. The van der Waals surface area contributed by atoms with E-state index in [4.69, 9.17) is 4.98 Å². The molecule has 0 N–H and O–H groups in total. The number of para-hydroxylation sites is 1. The van der Waals surface area contributed by atoms with Crippen molar-refractivity contribution in [3.8, 4) is 5.69 Å². The number of thioether (sulfide) groups is 1. The van der Waals surface area contributed by atoms with Gasteiger partial charge >= 0.3 is 0 Å². The summed E-state index contributed by atoms with van der Waals surface area (Å²) in [7, 11) is 0. The number of aryl methyl sites for hydroxylation is 1. The summed E-state index contributed by atoms with van der Waals surface area (Å²) in [6.45, 7) is 4.10. The highest BCUT2D eigenvalue weighted by Gasteiger charge is 2.35. The second-order valence-corrected chi connectivity index (χ2v) is 9.80. The molecule has 4 heterocycles. The molecule has 6 rings (SSSR count). The van der Waals surface area contributed by atoms with Crippen LogP contribution in [-0.4, -0.2) is 37.0 Å². The highest BCUT2D eigenvalue weighted by atomic mass is 32.2. The highest BCUT2D eigenvalue weighted by Crippen LogP contribution is 2.37. The molecular weight excluding hydrogens is 434 g/mol. The van der Waals surface area contributed by atoms with Crippen LogP contribution in [0.2, 0.25) is 0 Å². The lowest BCUT2D eigenvalue weighted by Gasteiger charge is -2.24. The minimum absolute atomic E-state index is 0.0494. The average Bonchev–Trinajstić information content (AvgIpc) is 3.49. The lowest BCUT2D eigenvalue weighted by atomic mass is 10.1. The smallest absolute Gasteiger partial charge is 0.265 e. The summed E-state index contributed by atoms with van der Waals surface area (Å²) in [5.41, 5.74) is 4.59. The lowest BCUT2D eigenvalue weighted by Crippen LogP contribution is -2.38. The first-order chi connectivity index (χ1) is 16.0. The maximum atomic E-state index is 13.4. The van der Waals surface area contributed by atoms with Gasteiger partial charge in [-0.1, -0.05) is 42.1 Å². The number of amides is 1. The summed E-state index contributed by atoms with van der Waals surface area (Å²) in [5.74, 6) is 0.704. The van der Waals surface area contributed by atoms with Crippen LogP contribution in [0.1, 0.15) is 30.5 Å². The van der Waals surface area contributed by atoms with Crippen molar-refractivity contribution in [1.29, 1.82) is 0 Å². The first kappa shape index (κ1) is 20.2. The van der Waals surface area contributed by atoms with Crippen LogP contribution in [0.4, 0.5) is 5.69 Å². The Morgan fingerprint density at radius 3 is 2.88 bits per heavy atom. The van der Waals surface area contributed by atoms with Gasteiger partial charge in [0.05, 0.1) is 17.9 Å². The Labute approximate surface area is 195 Å². The van der Waals surface area contributed by atoms with Crippen LogP contribution in [0.25, 0.3) is 16.7 Å². The molecule has 4 aromatic rings. The van der Waals surface area contributed by atoms with Gasteiger partial charge in [-0.25, -0.2) is 9.67 Å². The van der Waals surface area contributed by atoms with E-state index in [9.17, 15) is 9.59 Å². The molecule has 7 nitrogen and oxygen atoms in total. The third kappa shape index (κ3) is 3.20. The number of hydrogen-bond acceptors (Lipinski definition) is 5. The second kappa shape index (κ2) is 7.59. The molecule has 0 radical (unpaired) electrons. The van der Waals surface area contributed by atoms with Crippen molar-refractivity contribution in [1.82, 2.24) is 19.3 Å². The van der Waals surface area contributed by atoms with Gasteiger partial charge in [0.1, 0.15) is 5.39 Å². The van der Waals surface area contributed by atoms with Gasteiger partial charge in [0, 0.05) is 23.9 Å². The van der Waals surface area contributed by atoms with Crippen molar-refractivity contribution in [3.05, 3.63) is 76.2 Å². The van der Waals surface area contributed by atoms with E-state index in [1.807, 2.05) is 54.3 Å². The van der Waals surface area contributed by atoms with E-state index in [2.05, 4.69) is 18.1 Å². The molecule has 0 aliphatic carbocycles. The molecule has 8 heteroatoms. The Hall–Kier alpha value is -3.39. The quantitative estimate of drug-likeness (QED) is 0.436. The van der Waals surface area contributed by atoms with Crippen LogP contribution in [0.5, 0.6) is 0 Å². The zero-order chi connectivity index (χ0) is 22.7. The number of carbonyl (C=O) groups is 1. The number of anilines is 1. The van der Waals surface area contributed by atoms with Crippen LogP contribution in [0, 0.1) is 6.92 Å². The number of hydrogen-bond donors (Lipinski definition) is 0. The minimum atomic E-state index is -0.218. The summed E-state index contributed by atoms with van der Waals surface area (Å²) in [4.78, 5) is 33.5. The molecule has 2 aromatic heterocycles. The molecular formula is C25H23N5O2S. The van der Waals surface area contributed by atoms with Gasteiger partial charge in [0.2, 0.25) is 5.91 Å². The lowest BCUT2D eigenvalue weighted by molar-refractivity contribution is -0.119. The molecule has 0 saturated carbocycles. The van der Waals surface area contributed by atoms with E-state index in [1.54, 1.807) is 15.4 Å². The topological polar surface area (TPSA) is 73.0 Å². The second-order valence-electron chi connectivity index (χ2n) is 8.82. The average molecular weight is 458 g/mol. The summed E-state index contributed by atoms with van der Waals surface area (Å²) in [5, 5.41) is 5.57. The first-order valence-electron chi connectivity index (χ1n) is 11.1. The zero-order valence-corrected chi connectivity index (χ0v) is 19.2. The van der Waals surface area contributed by atoms with Gasteiger partial charge in [-0.05, 0) is 49.6 Å². The maximum Gasteiger partial charge on any atom is 0.265 e. The standard InChI is InChI=1S/C25H23N5O2S/c1-15-6-5-8-18(10-15)30-23-20(13-26-30)24(32)29-19(14-33-25(29)27-23)12-22(31)28-16(2)11-17-7-3-4-9-21(17)28/h3-10,13,16,19H,11-12,14H2,1-2H3. The highest BCUT2D eigenvalue weighted by molar-refractivity contribution is 7.99. The van der Waals surface area contributed by atoms with Crippen molar-refractivity contribution >= 4 is 34.4 Å². The molecule has 2 unspecified atom stereocenters. The molecule has 166 valence electrons. The predicted octanol–water partition coefficient (Wildman–Crippen LogP) is 3.91. The largest absolute Gasteiger partial charge is 0.309 e. The summed E-state index contributed by atoms with van der Waals surface area (Å²) >= 11 is 1.53. The molecule has 0 fully saturated rings. The first-order valence-corrected chi connectivity index (χ1v) is 12.1. The summed E-state index contributed by atoms with van der Waals surface area (Å²) in [6, 6.07) is 15.9. The zero-order valence-electron chi connectivity index (χ0n) is 18.4. The van der Waals surface area contributed by atoms with Gasteiger partial charge in [-0.15, -0.1) is 0 Å². The minimum Gasteiger partial charge on any atom is -0.309 e. The van der Waals surface area contributed by atoms with Crippen molar-refractivity contribution in [2.45, 2.75) is 43.9 Å². The fourth-order valence-electron chi connectivity index (χ4n) is 4.98. The molecule has 0 saturated heterocycles. The molecule has 2 aromatic carbocycles. The van der Waals surface area contributed by atoms with E-state index >= 15 is 0 Å². The fraction of sp³-hybridized carbons (Fsp3) is 0.280. The van der Waals surface area contributed by atoms with Gasteiger partial charge in [-0.3, -0.25) is 14.2 Å². The van der Waals surface area contributed by atoms with E-state index in [-0.39, 0.29) is 30.0 Å². The predicted molar refractivity (Wildman–Crippen MR) is 129 cm³/mol. The third-order valence-corrected chi connectivity index (χ3v) is 7.60. The normalized spacial score (nSPS) is 19.2. The number of rotatable bonds is 3. The number of nitrogens with zero attached hydrogens (tertiary/aromatic N) is 5. The Morgan fingerprint density at radius 2 is 2.03 bits per heavy atom. The SMILES string of the molecule is Cc1cccc(-n2ncc3c(=O)n4c(nc32)SCC4CC(=O)N2c3ccccc3CC2C)c1. The van der Waals surface area contributed by atoms with E-state index in [0.717, 1.165) is 23.4 Å². The van der Waals surface area contributed by atoms with Crippen LogP contribution in [0.3, 0.4) is 0 Å². The monoisotopic (exact) mass is 457 g/mol. The fourth-order valence-corrected chi connectivity index (χ4v) is 6.11. The van der Waals surface area contributed by atoms with E-state index < -0.39 is 0 Å². The third-order valence-electron chi connectivity index (χ3n) is 6.50. The Morgan fingerprint density at radius 1 is 1.18 bits per heavy atom. The Balaban J connectivity index is 1.35. The van der Waals surface area contributed by atoms with Crippen molar-refractivity contribution in [2.75, 3.05) is 10.7 Å². The van der Waals surface area contributed by atoms with Crippen molar-refractivity contribution < 1.29 is 4.79 Å². The van der Waals surface area contributed by atoms with Gasteiger partial charge in [0.15, 0.2) is 10.8 Å². The number of benzene rings is 2. The van der Waals surface area contributed by atoms with E-state index in [1.165, 1.54) is 17.3 Å². The molecule has 1 amide bonds. The summed E-state index contributed by atoms with van der Waals surface area (Å²) < 4.78 is 3.41. The maximum absolute atomic E-state index is 13.4. The number of carbonyl (C=O) groups excluding carboxylic acids is 1. The van der Waals surface area contributed by atoms with Crippen molar-refractivity contribution in [2.24, 2.45) is 0 Å². The van der Waals surface area contributed by atoms with Gasteiger partial charge in [-0.2, -0.15) is 5.10 Å². The molecule has 0 bridgehead atoms. The molecule has 2 aliphatic heterocycles. The number of aromatic nitrogens is 4. The molecule has 33 heavy (non-hydrogen) atoms. The van der Waals surface area contributed by atoms with Gasteiger partial charge in [0.25, 0.3) is 5.56 Å². The van der Waals surface area contributed by atoms with Crippen LogP contribution < -0.4 is 10.5 Å². The van der Waals surface area contributed by atoms with Crippen molar-refractivity contribution in [3.63, 3.8) is 0 Å². The van der Waals surface area contributed by atoms with Crippen LogP contribution in [-0.2, 0) is 11.2 Å². The Kier molecular flexibility index (Phi) is 4.65. The van der Waals surface area contributed by atoms with Gasteiger partial charge < -0.3 is 4.90 Å². The van der Waals surface area contributed by atoms with E-state index in [0.29, 0.717) is 21.9 Å². The summed E-state index contributed by atoms with van der Waals surface area (Å²) in [6.07, 6.45) is 2.72. The van der Waals surface area contributed by atoms with Crippen LogP contribution >= 0.6 is 11.8 Å². The Bertz CT molecular complexity index is 1470. The van der Waals surface area contributed by atoms with Crippen LogP contribution in [0.15, 0.2) is 64.7 Å².